The minimum atomic E-state index is 0.110. The van der Waals surface area contributed by atoms with Crippen LogP contribution < -0.4 is 15.8 Å². The highest BCUT2D eigenvalue weighted by Gasteiger charge is 2.06. The standard InChI is InChI=1S/C13H16N4O/c1-9(10-3-5-11(14)6-4-10)17-13-15-7-12(18-2)8-16-13/h3-9H,14H2,1-2H3,(H,15,16,17). The van der Waals surface area contributed by atoms with Crippen LogP contribution in [0.4, 0.5) is 11.6 Å². The lowest BCUT2D eigenvalue weighted by atomic mass is 10.1. The molecule has 1 aromatic heterocycles. The van der Waals surface area contributed by atoms with Crippen molar-refractivity contribution in [3.63, 3.8) is 0 Å². The van der Waals surface area contributed by atoms with Crippen LogP contribution in [0.25, 0.3) is 0 Å². The zero-order valence-corrected chi connectivity index (χ0v) is 10.4. The molecule has 5 nitrogen and oxygen atoms in total. The number of aromatic nitrogens is 2. The van der Waals surface area contributed by atoms with Crippen molar-refractivity contribution in [1.29, 1.82) is 0 Å². The number of benzene rings is 1. The zero-order valence-electron chi connectivity index (χ0n) is 10.4. The molecule has 0 aliphatic rings. The van der Waals surface area contributed by atoms with Gasteiger partial charge in [0.2, 0.25) is 5.95 Å². The average Bonchev–Trinajstić information content (AvgIpc) is 2.40. The van der Waals surface area contributed by atoms with Crippen LogP contribution in [0.1, 0.15) is 18.5 Å². The lowest BCUT2D eigenvalue weighted by Gasteiger charge is -2.14. The molecule has 0 bridgehead atoms. The number of nitrogens with two attached hydrogens (primary N) is 1. The van der Waals surface area contributed by atoms with E-state index in [1.165, 1.54) is 0 Å². The van der Waals surface area contributed by atoms with Crippen molar-refractivity contribution < 1.29 is 4.74 Å². The summed E-state index contributed by atoms with van der Waals surface area (Å²) in [6.07, 6.45) is 3.26. The molecule has 0 saturated carbocycles. The summed E-state index contributed by atoms with van der Waals surface area (Å²) in [6.45, 7) is 2.04. The Balaban J connectivity index is 2.05. The Labute approximate surface area is 106 Å². The maximum Gasteiger partial charge on any atom is 0.223 e. The third kappa shape index (κ3) is 2.88. The third-order valence-corrected chi connectivity index (χ3v) is 2.65. The van der Waals surface area contributed by atoms with Crippen molar-refractivity contribution in [2.75, 3.05) is 18.2 Å². The minimum absolute atomic E-state index is 0.110. The number of anilines is 2. The van der Waals surface area contributed by atoms with Gasteiger partial charge in [0.25, 0.3) is 0 Å². The van der Waals surface area contributed by atoms with Gasteiger partial charge in [0.05, 0.1) is 25.5 Å². The van der Waals surface area contributed by atoms with Crippen LogP contribution in [0, 0.1) is 0 Å². The van der Waals surface area contributed by atoms with E-state index in [0.29, 0.717) is 11.7 Å². The maximum absolute atomic E-state index is 5.65. The summed E-state index contributed by atoms with van der Waals surface area (Å²) < 4.78 is 5.01. The van der Waals surface area contributed by atoms with Crippen LogP contribution in [0.3, 0.4) is 0 Å². The Morgan fingerprint density at radius 2 is 1.78 bits per heavy atom. The van der Waals surface area contributed by atoms with E-state index in [9.17, 15) is 0 Å². The molecular formula is C13H16N4O. The predicted molar refractivity (Wildman–Crippen MR) is 71.5 cm³/mol. The first-order chi connectivity index (χ1) is 8.69. The first kappa shape index (κ1) is 12.2. The molecule has 1 heterocycles. The molecule has 0 aliphatic heterocycles. The first-order valence-electron chi connectivity index (χ1n) is 5.67. The fraction of sp³-hybridized carbons (Fsp3) is 0.231. The summed E-state index contributed by atoms with van der Waals surface area (Å²) in [5, 5.41) is 3.21. The molecule has 2 aromatic rings. The third-order valence-electron chi connectivity index (χ3n) is 2.65. The quantitative estimate of drug-likeness (QED) is 0.807. The molecule has 0 amide bonds. The number of hydrogen-bond donors (Lipinski definition) is 2. The van der Waals surface area contributed by atoms with Crippen molar-refractivity contribution in [2.24, 2.45) is 0 Å². The fourth-order valence-electron chi connectivity index (χ4n) is 1.56. The van der Waals surface area contributed by atoms with Gasteiger partial charge in [0.15, 0.2) is 5.75 Å². The van der Waals surface area contributed by atoms with Crippen molar-refractivity contribution >= 4 is 11.6 Å². The molecule has 94 valence electrons. The van der Waals surface area contributed by atoms with Gasteiger partial charge in [-0.1, -0.05) is 12.1 Å². The largest absolute Gasteiger partial charge is 0.494 e. The molecular weight excluding hydrogens is 228 g/mol. The van der Waals surface area contributed by atoms with E-state index in [0.717, 1.165) is 11.3 Å². The molecule has 5 heteroatoms. The molecule has 1 aromatic carbocycles. The summed E-state index contributed by atoms with van der Waals surface area (Å²) in [4.78, 5) is 8.32. The summed E-state index contributed by atoms with van der Waals surface area (Å²) in [5.74, 6) is 1.21. The van der Waals surface area contributed by atoms with E-state index >= 15 is 0 Å². The normalized spacial score (nSPS) is 11.9. The highest BCUT2D eigenvalue weighted by atomic mass is 16.5. The Hall–Kier alpha value is -2.30. The van der Waals surface area contributed by atoms with Gasteiger partial charge in [-0.3, -0.25) is 0 Å². The van der Waals surface area contributed by atoms with Crippen molar-refractivity contribution in [2.45, 2.75) is 13.0 Å². The lowest BCUT2D eigenvalue weighted by molar-refractivity contribution is 0.411. The van der Waals surface area contributed by atoms with Crippen molar-refractivity contribution in [3.8, 4) is 5.75 Å². The van der Waals surface area contributed by atoms with Crippen LogP contribution in [0.5, 0.6) is 5.75 Å². The second-order valence-electron chi connectivity index (χ2n) is 3.98. The van der Waals surface area contributed by atoms with E-state index in [4.69, 9.17) is 10.5 Å². The molecule has 3 N–H and O–H groups in total. The van der Waals surface area contributed by atoms with Crippen LogP contribution in [-0.2, 0) is 0 Å². The molecule has 0 fully saturated rings. The SMILES string of the molecule is COc1cnc(NC(C)c2ccc(N)cc2)nc1. The van der Waals surface area contributed by atoms with Gasteiger partial charge in [-0.2, -0.15) is 0 Å². The van der Waals surface area contributed by atoms with Gasteiger partial charge in [-0.15, -0.1) is 0 Å². The van der Waals surface area contributed by atoms with Gasteiger partial charge < -0.3 is 15.8 Å². The van der Waals surface area contributed by atoms with Crippen LogP contribution >= 0.6 is 0 Å². The summed E-state index contributed by atoms with van der Waals surface area (Å²) in [6, 6.07) is 7.83. The van der Waals surface area contributed by atoms with Gasteiger partial charge in [-0.05, 0) is 24.6 Å². The molecule has 1 unspecified atom stereocenters. The molecule has 0 saturated heterocycles. The zero-order chi connectivity index (χ0) is 13.0. The second kappa shape index (κ2) is 5.35. The summed E-state index contributed by atoms with van der Waals surface area (Å²) in [5.41, 5.74) is 7.54. The second-order valence-corrected chi connectivity index (χ2v) is 3.98. The van der Waals surface area contributed by atoms with Gasteiger partial charge in [-0.25, -0.2) is 9.97 Å². The molecule has 2 rings (SSSR count). The van der Waals surface area contributed by atoms with Gasteiger partial charge in [0, 0.05) is 5.69 Å². The number of nitrogens with one attached hydrogen (secondary N) is 1. The minimum Gasteiger partial charge on any atom is -0.494 e. The molecule has 0 spiro atoms. The smallest absolute Gasteiger partial charge is 0.223 e. The van der Waals surface area contributed by atoms with Crippen LogP contribution in [0.2, 0.25) is 0 Å². The summed E-state index contributed by atoms with van der Waals surface area (Å²) >= 11 is 0. The van der Waals surface area contributed by atoms with E-state index < -0.39 is 0 Å². The lowest BCUT2D eigenvalue weighted by Crippen LogP contribution is -2.09. The van der Waals surface area contributed by atoms with Crippen LogP contribution in [0.15, 0.2) is 36.7 Å². The monoisotopic (exact) mass is 244 g/mol. The van der Waals surface area contributed by atoms with E-state index in [1.807, 2.05) is 31.2 Å². The van der Waals surface area contributed by atoms with Crippen LogP contribution in [-0.4, -0.2) is 17.1 Å². The molecule has 0 radical (unpaired) electrons. The first-order valence-corrected chi connectivity index (χ1v) is 5.67. The van der Waals surface area contributed by atoms with Crippen molar-refractivity contribution in [1.82, 2.24) is 9.97 Å². The van der Waals surface area contributed by atoms with E-state index in [-0.39, 0.29) is 6.04 Å². The number of nitrogens with zero attached hydrogens (tertiary/aromatic N) is 2. The van der Waals surface area contributed by atoms with Crippen molar-refractivity contribution in [3.05, 3.63) is 42.2 Å². The highest BCUT2D eigenvalue weighted by Crippen LogP contribution is 2.18. The van der Waals surface area contributed by atoms with Gasteiger partial charge in [0.1, 0.15) is 0 Å². The Bertz CT molecular complexity index is 495. The highest BCUT2D eigenvalue weighted by molar-refractivity contribution is 5.41. The number of methoxy groups -OCH3 is 1. The van der Waals surface area contributed by atoms with E-state index in [2.05, 4.69) is 15.3 Å². The Morgan fingerprint density at radius 1 is 1.17 bits per heavy atom. The number of ether oxygens (including phenoxy) is 1. The topological polar surface area (TPSA) is 73.1 Å². The fourth-order valence-corrected chi connectivity index (χ4v) is 1.56. The Kier molecular flexibility index (Phi) is 3.62. The number of rotatable bonds is 4. The molecule has 1 atom stereocenters. The predicted octanol–water partition coefficient (Wildman–Crippen LogP) is 2.24. The van der Waals surface area contributed by atoms with Gasteiger partial charge >= 0.3 is 0 Å². The number of nitrogen functional groups attached to an aromatic ring is 1. The average molecular weight is 244 g/mol. The molecule has 18 heavy (non-hydrogen) atoms. The Morgan fingerprint density at radius 3 is 2.33 bits per heavy atom. The number of hydrogen-bond acceptors (Lipinski definition) is 5. The maximum atomic E-state index is 5.65. The molecule has 0 aliphatic carbocycles. The summed E-state index contributed by atoms with van der Waals surface area (Å²) in [7, 11) is 1.59. The van der Waals surface area contributed by atoms with E-state index in [1.54, 1.807) is 19.5 Å².